The number of methoxy groups -OCH3 is 1. The molecule has 5 nitrogen and oxygen atoms in total. The Labute approximate surface area is 180 Å². The zero-order valence-electron chi connectivity index (χ0n) is 15.6. The monoisotopic (exact) mass is 441 g/mol. The van der Waals surface area contributed by atoms with E-state index in [0.717, 1.165) is 27.1 Å². The second-order valence-electron chi connectivity index (χ2n) is 6.21. The Morgan fingerprint density at radius 3 is 2.62 bits per heavy atom. The molecule has 29 heavy (non-hydrogen) atoms. The van der Waals surface area contributed by atoms with Gasteiger partial charge in [-0.3, -0.25) is 4.79 Å². The van der Waals surface area contributed by atoms with E-state index < -0.39 is 0 Å². The van der Waals surface area contributed by atoms with Gasteiger partial charge >= 0.3 is 0 Å². The third kappa shape index (κ3) is 4.32. The number of ether oxygens (including phenoxy) is 1. The van der Waals surface area contributed by atoms with Crippen molar-refractivity contribution in [2.75, 3.05) is 12.1 Å². The van der Waals surface area contributed by atoms with Crippen LogP contribution in [0.1, 0.15) is 20.8 Å². The summed E-state index contributed by atoms with van der Waals surface area (Å²) >= 11 is 8.61. The molecular formula is C21H16ClN3O2S2. The normalized spacial score (nSPS) is 11.3. The summed E-state index contributed by atoms with van der Waals surface area (Å²) in [5.41, 5.74) is 2.82. The van der Waals surface area contributed by atoms with E-state index in [1.807, 2.05) is 49.4 Å². The number of halogens is 1. The van der Waals surface area contributed by atoms with Crippen LogP contribution in [0.5, 0.6) is 5.75 Å². The third-order valence-corrected chi connectivity index (χ3v) is 6.35. The van der Waals surface area contributed by atoms with Gasteiger partial charge in [-0.05, 0) is 42.8 Å². The van der Waals surface area contributed by atoms with Crippen molar-refractivity contribution in [3.05, 3.63) is 74.9 Å². The highest BCUT2D eigenvalue weighted by Gasteiger charge is 2.22. The number of benzene rings is 2. The van der Waals surface area contributed by atoms with Crippen LogP contribution in [0.3, 0.4) is 0 Å². The molecule has 0 aliphatic carbocycles. The van der Waals surface area contributed by atoms with Crippen LogP contribution in [-0.4, -0.2) is 24.2 Å². The van der Waals surface area contributed by atoms with E-state index in [2.05, 4.69) is 10.1 Å². The third-order valence-electron chi connectivity index (χ3n) is 4.14. The predicted octanol–water partition coefficient (Wildman–Crippen LogP) is 6.01. The molecule has 8 heteroatoms. The van der Waals surface area contributed by atoms with Gasteiger partial charge in [-0.1, -0.05) is 52.8 Å². The second-order valence-corrected chi connectivity index (χ2v) is 8.93. The summed E-state index contributed by atoms with van der Waals surface area (Å²) in [5, 5.41) is 6.25. The summed E-state index contributed by atoms with van der Waals surface area (Å²) in [6.45, 7) is 2.02. The van der Waals surface area contributed by atoms with E-state index >= 15 is 0 Å². The van der Waals surface area contributed by atoms with E-state index in [9.17, 15) is 4.79 Å². The largest absolute Gasteiger partial charge is 0.497 e. The fourth-order valence-corrected chi connectivity index (χ4v) is 4.53. The molecule has 0 aliphatic heterocycles. The molecule has 0 radical (unpaired) electrons. The van der Waals surface area contributed by atoms with E-state index in [1.54, 1.807) is 25.5 Å². The summed E-state index contributed by atoms with van der Waals surface area (Å²) in [7, 11) is 1.62. The Morgan fingerprint density at radius 1 is 1.14 bits per heavy atom. The van der Waals surface area contributed by atoms with Gasteiger partial charge in [0.1, 0.15) is 5.75 Å². The van der Waals surface area contributed by atoms with E-state index in [4.69, 9.17) is 16.3 Å². The van der Waals surface area contributed by atoms with Crippen LogP contribution in [0.2, 0.25) is 4.34 Å². The summed E-state index contributed by atoms with van der Waals surface area (Å²) < 4.78 is 6.74. The lowest BCUT2D eigenvalue weighted by Gasteiger charge is -2.12. The van der Waals surface area contributed by atoms with Gasteiger partial charge < -0.3 is 4.74 Å². The van der Waals surface area contributed by atoms with Crippen LogP contribution < -0.4 is 9.75 Å². The van der Waals surface area contributed by atoms with Crippen LogP contribution in [-0.2, 0) is 0 Å². The van der Waals surface area contributed by atoms with Crippen molar-refractivity contribution in [3.8, 4) is 5.75 Å². The van der Waals surface area contributed by atoms with Gasteiger partial charge in [-0.2, -0.15) is 10.1 Å². The van der Waals surface area contributed by atoms with Gasteiger partial charge in [0.25, 0.3) is 5.91 Å². The van der Waals surface area contributed by atoms with Crippen LogP contribution in [0.15, 0.2) is 59.7 Å². The molecule has 0 saturated carbocycles. The van der Waals surface area contributed by atoms with E-state index in [-0.39, 0.29) is 5.91 Å². The molecule has 0 aliphatic rings. The highest BCUT2D eigenvalue weighted by Crippen LogP contribution is 2.33. The average Bonchev–Trinajstić information content (AvgIpc) is 3.34. The van der Waals surface area contributed by atoms with Crippen molar-refractivity contribution in [2.24, 2.45) is 5.10 Å². The van der Waals surface area contributed by atoms with Crippen LogP contribution in [0.4, 0.5) is 5.13 Å². The van der Waals surface area contributed by atoms with E-state index in [0.29, 0.717) is 14.3 Å². The summed E-state index contributed by atoms with van der Waals surface area (Å²) in [4.78, 5) is 18.2. The number of aryl methyl sites for hydroxylation is 1. The number of anilines is 1. The fourth-order valence-electron chi connectivity index (χ4n) is 2.61. The first kappa shape index (κ1) is 19.6. The molecule has 0 saturated heterocycles. The summed E-state index contributed by atoms with van der Waals surface area (Å²) in [6, 6.07) is 16.9. The second kappa shape index (κ2) is 8.32. The lowest BCUT2D eigenvalue weighted by Crippen LogP contribution is -2.24. The number of thiazole rings is 1. The summed E-state index contributed by atoms with van der Waals surface area (Å²) in [5.74, 6) is 0.454. The number of hydrazone groups is 1. The maximum Gasteiger partial charge on any atom is 0.290 e. The first-order valence-electron chi connectivity index (χ1n) is 8.68. The molecule has 2 aromatic heterocycles. The Balaban J connectivity index is 1.74. The van der Waals surface area contributed by atoms with Gasteiger partial charge in [0.05, 0.1) is 32.8 Å². The molecule has 0 bridgehead atoms. The van der Waals surface area contributed by atoms with Crippen molar-refractivity contribution in [1.29, 1.82) is 0 Å². The molecule has 0 spiro atoms. The van der Waals surface area contributed by atoms with Gasteiger partial charge in [0, 0.05) is 0 Å². The molecule has 0 unspecified atom stereocenters. The molecule has 4 aromatic rings. The lowest BCUT2D eigenvalue weighted by molar-refractivity contribution is 0.0991. The minimum absolute atomic E-state index is 0.281. The summed E-state index contributed by atoms with van der Waals surface area (Å²) in [6.07, 6.45) is 1.65. The van der Waals surface area contributed by atoms with Crippen LogP contribution in [0.25, 0.3) is 10.2 Å². The number of thiophene rings is 1. The highest BCUT2D eigenvalue weighted by molar-refractivity contribution is 7.22. The number of hydrogen-bond donors (Lipinski definition) is 0. The Hall–Kier alpha value is -2.74. The molecule has 0 fully saturated rings. The van der Waals surface area contributed by atoms with Gasteiger partial charge in [0.2, 0.25) is 5.13 Å². The van der Waals surface area contributed by atoms with Crippen LogP contribution >= 0.6 is 34.3 Å². The molecule has 4 rings (SSSR count). The topological polar surface area (TPSA) is 54.8 Å². The van der Waals surface area contributed by atoms with Crippen molar-refractivity contribution in [3.63, 3.8) is 0 Å². The molecular weight excluding hydrogens is 426 g/mol. The zero-order valence-corrected chi connectivity index (χ0v) is 18.0. The first-order chi connectivity index (χ1) is 14.0. The number of carbonyl (C=O) groups excluding carboxylic acids is 1. The van der Waals surface area contributed by atoms with Crippen molar-refractivity contribution in [2.45, 2.75) is 6.92 Å². The Bertz CT molecular complexity index is 1200. The first-order valence-corrected chi connectivity index (χ1v) is 10.7. The van der Waals surface area contributed by atoms with Gasteiger partial charge in [-0.15, -0.1) is 11.3 Å². The average molecular weight is 442 g/mol. The Morgan fingerprint density at radius 2 is 1.93 bits per heavy atom. The zero-order chi connectivity index (χ0) is 20.4. The lowest BCUT2D eigenvalue weighted by atomic mass is 10.2. The standard InChI is InChI=1S/C21H16ClN3O2S2/c1-13-3-5-14(6-4-13)12-23-25(20(26)17-9-10-19(22)28-17)21-24-16-8-7-15(27-2)11-18(16)29-21/h3-12H,1-2H3/b23-12+. The maximum atomic E-state index is 13.1. The molecule has 0 N–H and O–H groups in total. The highest BCUT2D eigenvalue weighted by atomic mass is 35.5. The number of rotatable bonds is 5. The van der Waals surface area contributed by atoms with Gasteiger partial charge in [-0.25, -0.2) is 4.98 Å². The van der Waals surface area contributed by atoms with Gasteiger partial charge in [0.15, 0.2) is 0 Å². The number of hydrogen-bond acceptors (Lipinski definition) is 6. The number of aromatic nitrogens is 1. The van der Waals surface area contributed by atoms with Crippen LogP contribution in [0, 0.1) is 6.92 Å². The van der Waals surface area contributed by atoms with Crippen molar-refractivity contribution >= 4 is 61.7 Å². The number of fused-ring (bicyclic) bond motifs is 1. The number of carbonyl (C=O) groups is 1. The molecule has 1 amide bonds. The number of nitrogens with zero attached hydrogens (tertiary/aromatic N) is 3. The SMILES string of the molecule is COc1ccc2nc(N(/N=C/c3ccc(C)cc3)C(=O)c3ccc(Cl)s3)sc2c1. The predicted molar refractivity (Wildman–Crippen MR) is 121 cm³/mol. The minimum atomic E-state index is -0.281. The Kier molecular flexibility index (Phi) is 5.62. The fraction of sp³-hybridized carbons (Fsp3) is 0.0952. The molecule has 2 heterocycles. The van der Waals surface area contributed by atoms with E-state index in [1.165, 1.54) is 27.7 Å². The molecule has 2 aromatic carbocycles. The quantitative estimate of drug-likeness (QED) is 0.281. The smallest absolute Gasteiger partial charge is 0.290 e. The maximum absolute atomic E-state index is 13.1. The minimum Gasteiger partial charge on any atom is -0.497 e. The molecule has 146 valence electrons. The molecule has 0 atom stereocenters. The van der Waals surface area contributed by atoms with Crippen molar-refractivity contribution in [1.82, 2.24) is 4.98 Å². The van der Waals surface area contributed by atoms with Crippen molar-refractivity contribution < 1.29 is 9.53 Å². The number of amides is 1.